The monoisotopic (exact) mass is 548 g/mol. The Balaban J connectivity index is 1.26. The highest BCUT2D eigenvalue weighted by molar-refractivity contribution is 6.31. The molecular formula is C29H33ClN6O3. The molecule has 9 nitrogen and oxygen atoms in total. The third-order valence-corrected chi connectivity index (χ3v) is 7.92. The summed E-state index contributed by atoms with van der Waals surface area (Å²) in [7, 11) is 1.68. The highest BCUT2D eigenvalue weighted by Crippen LogP contribution is 2.22. The molecule has 3 heterocycles. The van der Waals surface area contributed by atoms with Crippen LogP contribution in [0.25, 0.3) is 10.9 Å². The number of aromatic nitrogens is 2. The van der Waals surface area contributed by atoms with Gasteiger partial charge in [-0.2, -0.15) is 5.26 Å². The van der Waals surface area contributed by atoms with Gasteiger partial charge in [0.2, 0.25) is 5.91 Å². The zero-order valence-corrected chi connectivity index (χ0v) is 22.9. The summed E-state index contributed by atoms with van der Waals surface area (Å²) in [5.41, 5.74) is 2.58. The van der Waals surface area contributed by atoms with Gasteiger partial charge in [-0.15, -0.1) is 0 Å². The van der Waals surface area contributed by atoms with Gasteiger partial charge in [0.05, 0.1) is 34.4 Å². The van der Waals surface area contributed by atoms with Crippen LogP contribution in [0.5, 0.6) is 0 Å². The number of rotatable bonds is 7. The molecule has 0 bridgehead atoms. The third-order valence-electron chi connectivity index (χ3n) is 7.61. The number of amides is 1. The van der Waals surface area contributed by atoms with E-state index >= 15 is 0 Å². The van der Waals surface area contributed by atoms with Crippen molar-refractivity contribution < 1.29 is 9.53 Å². The van der Waals surface area contributed by atoms with Crippen molar-refractivity contribution in [2.24, 2.45) is 5.92 Å². The summed E-state index contributed by atoms with van der Waals surface area (Å²) in [4.78, 5) is 37.2. The van der Waals surface area contributed by atoms with Gasteiger partial charge in [0.15, 0.2) is 0 Å². The number of likely N-dealkylation sites (N-methyl/N-ethyl adjacent to an activating group) is 1. The van der Waals surface area contributed by atoms with Gasteiger partial charge in [0.25, 0.3) is 5.56 Å². The molecule has 2 aromatic carbocycles. The lowest BCUT2D eigenvalue weighted by molar-refractivity contribution is -0.131. The maximum absolute atomic E-state index is 13.4. The summed E-state index contributed by atoms with van der Waals surface area (Å²) < 4.78 is 6.91. The molecule has 2 fully saturated rings. The first-order valence-electron chi connectivity index (χ1n) is 13.4. The highest BCUT2D eigenvalue weighted by atomic mass is 35.5. The molecule has 2 aliphatic rings. The van der Waals surface area contributed by atoms with Crippen LogP contribution in [0, 0.1) is 17.2 Å². The molecule has 2 saturated heterocycles. The molecule has 1 atom stereocenters. The van der Waals surface area contributed by atoms with E-state index in [1.54, 1.807) is 25.2 Å². The number of carbonyl (C=O) groups excluding carboxylic acids is 1. The summed E-state index contributed by atoms with van der Waals surface area (Å²) >= 11 is 6.13. The normalized spacial score (nSPS) is 18.2. The topological polar surface area (TPSA) is 94.7 Å². The van der Waals surface area contributed by atoms with Gasteiger partial charge in [-0.05, 0) is 61.2 Å². The van der Waals surface area contributed by atoms with Gasteiger partial charge < -0.3 is 19.4 Å². The number of carbonyl (C=O) groups is 1. The van der Waals surface area contributed by atoms with Gasteiger partial charge >= 0.3 is 0 Å². The number of anilines is 1. The van der Waals surface area contributed by atoms with Crippen molar-refractivity contribution in [3.8, 4) is 6.07 Å². The van der Waals surface area contributed by atoms with E-state index in [-0.39, 0.29) is 18.0 Å². The van der Waals surface area contributed by atoms with E-state index < -0.39 is 0 Å². The zero-order valence-electron chi connectivity index (χ0n) is 22.2. The van der Waals surface area contributed by atoms with Crippen LogP contribution < -0.4 is 10.5 Å². The zero-order chi connectivity index (χ0) is 27.4. The van der Waals surface area contributed by atoms with E-state index in [1.807, 2.05) is 24.3 Å². The Kier molecular flexibility index (Phi) is 8.46. The number of fused-ring (bicyclic) bond motifs is 1. The average molecular weight is 549 g/mol. The van der Waals surface area contributed by atoms with Crippen LogP contribution >= 0.6 is 11.6 Å². The Hall–Kier alpha value is -3.45. The minimum absolute atomic E-state index is 0.115. The number of ether oxygens (including phenoxy) is 1. The summed E-state index contributed by atoms with van der Waals surface area (Å²) in [6.45, 7) is 6.90. The molecule has 3 aromatic rings. The van der Waals surface area contributed by atoms with E-state index in [2.05, 4.69) is 14.8 Å². The molecule has 5 rings (SSSR count). The Bertz CT molecular complexity index is 1450. The van der Waals surface area contributed by atoms with Crippen molar-refractivity contribution in [3.05, 3.63) is 69.2 Å². The van der Waals surface area contributed by atoms with Crippen molar-refractivity contribution in [2.45, 2.75) is 25.9 Å². The first-order chi connectivity index (χ1) is 18.9. The van der Waals surface area contributed by atoms with Crippen molar-refractivity contribution in [2.75, 3.05) is 57.9 Å². The highest BCUT2D eigenvalue weighted by Gasteiger charge is 2.22. The van der Waals surface area contributed by atoms with Crippen molar-refractivity contribution in [3.63, 3.8) is 0 Å². The number of benzene rings is 2. The van der Waals surface area contributed by atoms with E-state index in [0.717, 1.165) is 70.0 Å². The Morgan fingerprint density at radius 2 is 2.08 bits per heavy atom. The molecule has 0 N–H and O–H groups in total. The van der Waals surface area contributed by atoms with Gasteiger partial charge in [-0.3, -0.25) is 14.2 Å². The van der Waals surface area contributed by atoms with Crippen LogP contribution in [0.3, 0.4) is 0 Å². The van der Waals surface area contributed by atoms with Crippen LogP contribution in [0.1, 0.15) is 24.0 Å². The first kappa shape index (κ1) is 27.1. The maximum atomic E-state index is 13.4. The summed E-state index contributed by atoms with van der Waals surface area (Å²) in [6, 6.07) is 12.9. The van der Waals surface area contributed by atoms with Gasteiger partial charge in [-0.25, -0.2) is 4.98 Å². The fourth-order valence-electron chi connectivity index (χ4n) is 5.34. The van der Waals surface area contributed by atoms with E-state index in [4.69, 9.17) is 21.6 Å². The lowest BCUT2D eigenvalue weighted by Gasteiger charge is -2.25. The predicted molar refractivity (Wildman–Crippen MR) is 151 cm³/mol. The second-order valence-corrected chi connectivity index (χ2v) is 10.8. The van der Waals surface area contributed by atoms with Crippen LogP contribution in [0.4, 0.5) is 5.69 Å². The molecule has 204 valence electrons. The molecule has 0 radical (unpaired) electrons. The van der Waals surface area contributed by atoms with Crippen molar-refractivity contribution in [1.29, 1.82) is 5.26 Å². The lowest BCUT2D eigenvalue weighted by atomic mass is 10.1. The predicted octanol–water partition coefficient (Wildman–Crippen LogP) is 3.13. The molecule has 1 aromatic heterocycles. The molecule has 0 saturated carbocycles. The van der Waals surface area contributed by atoms with Gasteiger partial charge in [0.1, 0.15) is 12.6 Å². The molecule has 0 spiro atoms. The van der Waals surface area contributed by atoms with Crippen LogP contribution in [0.15, 0.2) is 47.5 Å². The summed E-state index contributed by atoms with van der Waals surface area (Å²) in [5, 5.41) is 9.92. The molecule has 10 heteroatoms. The smallest absolute Gasteiger partial charge is 0.261 e. The van der Waals surface area contributed by atoms with Crippen LogP contribution in [-0.4, -0.2) is 78.2 Å². The lowest BCUT2D eigenvalue weighted by Crippen LogP contribution is -2.34. The fourth-order valence-corrected chi connectivity index (χ4v) is 5.58. The Labute approximate surface area is 233 Å². The standard InChI is InChI=1S/C29H33ClN6O3/c1-33(16-21-3-4-23(15-31)26(30)13-21)28(37)18-36-20-32-27-6-5-24(14-25(27)29(36)38)35-9-2-8-34(10-11-35)17-22-7-12-39-19-22/h3-6,13-14,20,22H,2,7-12,16-19H2,1H3. The van der Waals surface area contributed by atoms with Crippen LogP contribution in [-0.2, 0) is 22.6 Å². The average Bonchev–Trinajstić information content (AvgIpc) is 3.34. The number of nitrogens with zero attached hydrogens (tertiary/aromatic N) is 6. The van der Waals surface area contributed by atoms with E-state index in [9.17, 15) is 9.59 Å². The SMILES string of the molecule is CN(Cc1ccc(C#N)c(Cl)c1)C(=O)Cn1cnc2ccc(N3CCCN(CC4CCOC4)CC3)cc2c1=O. The molecule has 39 heavy (non-hydrogen) atoms. The van der Waals surface area contributed by atoms with Gasteiger partial charge in [-0.1, -0.05) is 17.7 Å². The van der Waals surface area contributed by atoms with E-state index in [1.165, 1.54) is 15.8 Å². The third kappa shape index (κ3) is 6.41. The fraction of sp³-hybridized carbons (Fsp3) is 0.448. The first-order valence-corrected chi connectivity index (χ1v) is 13.8. The second-order valence-electron chi connectivity index (χ2n) is 10.4. The number of halogens is 1. The largest absolute Gasteiger partial charge is 0.381 e. The second kappa shape index (κ2) is 12.2. The van der Waals surface area contributed by atoms with Crippen molar-refractivity contribution in [1.82, 2.24) is 19.4 Å². The molecule has 2 aliphatic heterocycles. The Morgan fingerprint density at radius 3 is 2.85 bits per heavy atom. The molecule has 0 aliphatic carbocycles. The maximum Gasteiger partial charge on any atom is 0.261 e. The molecule has 1 unspecified atom stereocenters. The van der Waals surface area contributed by atoms with Crippen molar-refractivity contribution >= 4 is 34.1 Å². The Morgan fingerprint density at radius 1 is 1.21 bits per heavy atom. The minimum atomic E-state index is -0.234. The minimum Gasteiger partial charge on any atom is -0.381 e. The summed E-state index contributed by atoms with van der Waals surface area (Å²) in [5.74, 6) is 0.403. The quantitative estimate of drug-likeness (QED) is 0.447. The van der Waals surface area contributed by atoms with E-state index in [0.29, 0.717) is 34.0 Å². The van der Waals surface area contributed by atoms with Crippen LogP contribution in [0.2, 0.25) is 5.02 Å². The number of nitriles is 1. The number of hydrogen-bond acceptors (Lipinski definition) is 7. The van der Waals surface area contributed by atoms with Gasteiger partial charge in [0, 0.05) is 52.1 Å². The molecule has 1 amide bonds. The number of hydrogen-bond donors (Lipinski definition) is 0. The molecular weight excluding hydrogens is 516 g/mol. The summed E-state index contributed by atoms with van der Waals surface area (Å²) in [6.07, 6.45) is 3.64.